The summed E-state index contributed by atoms with van der Waals surface area (Å²) in [6.45, 7) is 3.32. The number of para-hydroxylation sites is 1. The number of hydrogen-bond donors (Lipinski definition) is 3. The normalized spacial score (nSPS) is 16.6. The van der Waals surface area contributed by atoms with E-state index in [9.17, 15) is 28.3 Å². The van der Waals surface area contributed by atoms with Gasteiger partial charge < -0.3 is 20.6 Å². The summed E-state index contributed by atoms with van der Waals surface area (Å²) in [5.41, 5.74) is 2.26. The van der Waals surface area contributed by atoms with Crippen molar-refractivity contribution in [1.29, 1.82) is 0 Å². The van der Waals surface area contributed by atoms with Crippen LogP contribution in [0.1, 0.15) is 36.6 Å². The number of hydrogen-bond acceptors (Lipinski definition) is 5. The molecule has 0 fully saturated rings. The zero-order valence-electron chi connectivity index (χ0n) is 21.6. The first-order valence-corrected chi connectivity index (χ1v) is 12.3. The molecule has 8 nitrogen and oxygen atoms in total. The van der Waals surface area contributed by atoms with E-state index >= 15 is 0 Å². The van der Waals surface area contributed by atoms with Crippen molar-refractivity contribution in [1.82, 2.24) is 10.6 Å². The maximum atomic E-state index is 13.6. The number of carbonyl (C=O) groups excluding carboxylic acids is 3. The Morgan fingerprint density at radius 2 is 1.56 bits per heavy atom. The molecule has 202 valence electrons. The van der Waals surface area contributed by atoms with Crippen LogP contribution in [0.3, 0.4) is 0 Å². The lowest BCUT2D eigenvalue weighted by Crippen LogP contribution is -2.55. The number of aliphatic hydroxyl groups is 1. The molecule has 3 aromatic carbocycles. The molecule has 1 unspecified atom stereocenters. The van der Waals surface area contributed by atoms with Crippen molar-refractivity contribution < 1.29 is 28.3 Å². The molecule has 1 heterocycles. The average molecular weight is 535 g/mol. The fourth-order valence-electron chi connectivity index (χ4n) is 4.32. The molecule has 0 radical (unpaired) electrons. The molecule has 0 saturated heterocycles. The van der Waals surface area contributed by atoms with Gasteiger partial charge in [0.15, 0.2) is 6.10 Å². The summed E-state index contributed by atoms with van der Waals surface area (Å²) < 4.78 is 27.2. The van der Waals surface area contributed by atoms with E-state index < -0.39 is 53.6 Å². The molecule has 3 atom stereocenters. The highest BCUT2D eigenvalue weighted by atomic mass is 19.1. The minimum atomic E-state index is -1.92. The number of amides is 3. The third-order valence-electron chi connectivity index (χ3n) is 6.37. The number of aliphatic imine (C=N–C) groups is 1. The summed E-state index contributed by atoms with van der Waals surface area (Å²) in [5.74, 6) is -4.63. The van der Waals surface area contributed by atoms with Crippen molar-refractivity contribution in [2.75, 3.05) is 11.9 Å². The zero-order valence-corrected chi connectivity index (χ0v) is 21.6. The van der Waals surface area contributed by atoms with Crippen LogP contribution in [0.25, 0.3) is 0 Å². The van der Waals surface area contributed by atoms with Crippen molar-refractivity contribution in [2.45, 2.75) is 32.2 Å². The Hall–Kier alpha value is -4.44. The fraction of sp³-hybridized carbons (Fsp3) is 0.241. The third kappa shape index (κ3) is 6.01. The minimum absolute atomic E-state index is 0.302. The van der Waals surface area contributed by atoms with Gasteiger partial charge in [0.05, 0.1) is 11.4 Å². The number of nitrogens with zero attached hydrogens (tertiary/aromatic N) is 2. The van der Waals surface area contributed by atoms with E-state index in [1.54, 1.807) is 33.0 Å². The summed E-state index contributed by atoms with van der Waals surface area (Å²) in [7, 11) is 1.58. The lowest BCUT2D eigenvalue weighted by atomic mass is 10.0. The summed E-state index contributed by atoms with van der Waals surface area (Å²) in [6, 6.07) is 17.5. The molecule has 39 heavy (non-hydrogen) atoms. The van der Waals surface area contributed by atoms with Gasteiger partial charge in [-0.15, -0.1) is 0 Å². The number of carbonyl (C=O) groups is 3. The highest BCUT2D eigenvalue weighted by molar-refractivity contribution is 6.20. The standard InChI is InChI=1S/C29H28F2N4O4/c1-16(2)23(33-28(38)25(36)18-13-19(30)15-20(31)14-18)27(37)34-26-29(39)35(3)22-12-8-7-11-21(22)24(32-26)17-9-5-4-6-10-17/h4-16,23,25-26,36H,1-3H3,(H,33,38)(H,34,37)/t23-,25-,26?/m0/s1. The van der Waals surface area contributed by atoms with Gasteiger partial charge in [0.2, 0.25) is 12.1 Å². The summed E-state index contributed by atoms with van der Waals surface area (Å²) in [4.78, 5) is 45.6. The first-order chi connectivity index (χ1) is 18.6. The van der Waals surface area contributed by atoms with Crippen molar-refractivity contribution >= 4 is 29.1 Å². The summed E-state index contributed by atoms with van der Waals surface area (Å²) >= 11 is 0. The predicted molar refractivity (Wildman–Crippen MR) is 142 cm³/mol. The Labute approximate surface area is 224 Å². The fourth-order valence-corrected chi connectivity index (χ4v) is 4.32. The van der Waals surface area contributed by atoms with Gasteiger partial charge in [-0.25, -0.2) is 13.8 Å². The summed E-state index contributed by atoms with van der Waals surface area (Å²) in [6.07, 6.45) is -3.24. The topological polar surface area (TPSA) is 111 Å². The second-order valence-electron chi connectivity index (χ2n) is 9.50. The Bertz CT molecular complexity index is 1410. The van der Waals surface area contributed by atoms with E-state index in [-0.39, 0.29) is 5.56 Å². The highest BCUT2D eigenvalue weighted by Crippen LogP contribution is 2.27. The van der Waals surface area contributed by atoms with Crippen molar-refractivity contribution in [2.24, 2.45) is 10.9 Å². The Kier molecular flexibility index (Phi) is 8.15. The van der Waals surface area contributed by atoms with Crippen LogP contribution >= 0.6 is 0 Å². The molecule has 1 aliphatic rings. The van der Waals surface area contributed by atoms with E-state index in [1.165, 1.54) is 4.90 Å². The van der Waals surface area contributed by atoms with E-state index in [4.69, 9.17) is 0 Å². The highest BCUT2D eigenvalue weighted by Gasteiger charge is 2.34. The van der Waals surface area contributed by atoms with Gasteiger partial charge in [0.25, 0.3) is 11.8 Å². The molecule has 3 aromatic rings. The lowest BCUT2D eigenvalue weighted by molar-refractivity contribution is -0.136. The number of benzene rings is 3. The van der Waals surface area contributed by atoms with Crippen LogP contribution in [-0.4, -0.2) is 47.8 Å². The quantitative estimate of drug-likeness (QED) is 0.433. The predicted octanol–water partition coefficient (Wildman–Crippen LogP) is 3.10. The molecule has 4 rings (SSSR count). The van der Waals surface area contributed by atoms with E-state index in [0.29, 0.717) is 23.0 Å². The second kappa shape index (κ2) is 11.5. The maximum Gasteiger partial charge on any atom is 0.272 e. The van der Waals surface area contributed by atoms with Gasteiger partial charge in [0.1, 0.15) is 17.7 Å². The van der Waals surface area contributed by atoms with Crippen LogP contribution < -0.4 is 15.5 Å². The molecule has 0 spiro atoms. The molecule has 1 aliphatic heterocycles. The van der Waals surface area contributed by atoms with Crippen LogP contribution in [0.4, 0.5) is 14.5 Å². The molecular weight excluding hydrogens is 506 g/mol. The van der Waals surface area contributed by atoms with Gasteiger partial charge in [-0.2, -0.15) is 0 Å². The Morgan fingerprint density at radius 1 is 0.949 bits per heavy atom. The number of aliphatic hydroxyl groups excluding tert-OH is 1. The second-order valence-corrected chi connectivity index (χ2v) is 9.50. The Balaban J connectivity index is 1.61. The third-order valence-corrected chi connectivity index (χ3v) is 6.37. The maximum absolute atomic E-state index is 13.6. The molecule has 0 aliphatic carbocycles. The molecule has 10 heteroatoms. The number of fused-ring (bicyclic) bond motifs is 1. The number of benzodiazepines with no additional fused rings is 1. The van der Waals surface area contributed by atoms with Gasteiger partial charge in [-0.1, -0.05) is 62.4 Å². The smallest absolute Gasteiger partial charge is 0.272 e. The van der Waals surface area contributed by atoms with Crippen molar-refractivity contribution in [3.05, 3.63) is 101 Å². The first-order valence-electron chi connectivity index (χ1n) is 12.3. The van der Waals surface area contributed by atoms with Crippen LogP contribution in [0.2, 0.25) is 0 Å². The molecule has 3 N–H and O–H groups in total. The van der Waals surface area contributed by atoms with Gasteiger partial charge in [-0.3, -0.25) is 14.4 Å². The molecule has 3 amide bonds. The molecule has 0 aromatic heterocycles. The van der Waals surface area contributed by atoms with Crippen LogP contribution in [0.15, 0.2) is 77.8 Å². The number of nitrogens with one attached hydrogen (secondary N) is 2. The van der Waals surface area contributed by atoms with Crippen LogP contribution in [0.5, 0.6) is 0 Å². The molecule has 0 saturated carbocycles. The van der Waals surface area contributed by atoms with Gasteiger partial charge in [0, 0.05) is 24.2 Å². The van der Waals surface area contributed by atoms with E-state index in [1.807, 2.05) is 42.5 Å². The minimum Gasteiger partial charge on any atom is -0.378 e. The summed E-state index contributed by atoms with van der Waals surface area (Å²) in [5, 5.41) is 15.4. The number of rotatable bonds is 7. The lowest BCUT2D eigenvalue weighted by Gasteiger charge is -2.26. The SMILES string of the molecule is CC(C)[C@H](NC(=O)[C@@H](O)c1cc(F)cc(F)c1)C(=O)NC1N=C(c2ccccc2)c2ccccc2N(C)C1=O. The molecular formula is C29H28F2N4O4. The monoisotopic (exact) mass is 534 g/mol. The number of anilines is 1. The van der Waals surface area contributed by atoms with Gasteiger partial charge >= 0.3 is 0 Å². The average Bonchev–Trinajstić information content (AvgIpc) is 3.01. The van der Waals surface area contributed by atoms with Crippen molar-refractivity contribution in [3.63, 3.8) is 0 Å². The molecule has 0 bridgehead atoms. The van der Waals surface area contributed by atoms with Gasteiger partial charge in [-0.05, 0) is 29.7 Å². The van der Waals surface area contributed by atoms with Crippen LogP contribution in [-0.2, 0) is 14.4 Å². The van der Waals surface area contributed by atoms with E-state index in [2.05, 4.69) is 15.6 Å². The zero-order chi connectivity index (χ0) is 28.3. The first kappa shape index (κ1) is 27.6. The number of halogens is 2. The van der Waals surface area contributed by atoms with Crippen molar-refractivity contribution in [3.8, 4) is 0 Å². The van der Waals surface area contributed by atoms with Crippen LogP contribution in [0, 0.1) is 17.6 Å². The Morgan fingerprint density at radius 3 is 2.21 bits per heavy atom. The largest absolute Gasteiger partial charge is 0.378 e. The van der Waals surface area contributed by atoms with E-state index in [0.717, 1.165) is 17.7 Å². The number of likely N-dealkylation sites (N-methyl/N-ethyl adjacent to an activating group) is 1.